The normalized spacial score (nSPS) is 14.6. The molecule has 0 fully saturated rings. The van der Waals surface area contributed by atoms with E-state index in [0.717, 1.165) is 25.0 Å². The van der Waals surface area contributed by atoms with Crippen LogP contribution in [0.1, 0.15) is 45.6 Å². The highest BCUT2D eigenvalue weighted by atomic mass is 32.2. The number of benzene rings is 1. The molecule has 1 N–H and O–H groups in total. The molecule has 0 aromatic heterocycles. The van der Waals surface area contributed by atoms with Gasteiger partial charge in [0.1, 0.15) is 5.75 Å². The maximum atomic E-state index is 12.9. The van der Waals surface area contributed by atoms with Gasteiger partial charge in [0.25, 0.3) is 11.8 Å². The lowest BCUT2D eigenvalue weighted by atomic mass is 10.1. The van der Waals surface area contributed by atoms with Crippen LogP contribution < -0.4 is 4.74 Å². The average Bonchev–Trinajstić information content (AvgIpc) is 2.89. The maximum Gasteiger partial charge on any atom is 0.267 e. The summed E-state index contributed by atoms with van der Waals surface area (Å²) in [5.74, 6) is 1.07. The second kappa shape index (κ2) is 10.5. The Morgan fingerprint density at radius 3 is 2.41 bits per heavy atom. The number of unbranched alkanes of at least 4 members (excludes halogenated alkanes) is 2. The molecular formula is C21H29NO4S. The Bertz CT molecular complexity index is 682. The SMILES string of the molecule is CCCCCN1C(=O)C(SCCO)=C(c2ccc(OCC(C)C)cc2)C1=O. The van der Waals surface area contributed by atoms with Gasteiger partial charge >= 0.3 is 0 Å². The Hall–Kier alpha value is -1.79. The van der Waals surface area contributed by atoms with E-state index < -0.39 is 0 Å². The first-order chi connectivity index (χ1) is 13.0. The van der Waals surface area contributed by atoms with Crippen molar-refractivity contribution in [1.29, 1.82) is 0 Å². The van der Waals surface area contributed by atoms with E-state index in [1.165, 1.54) is 16.7 Å². The van der Waals surface area contributed by atoms with Crippen molar-refractivity contribution in [2.45, 2.75) is 40.0 Å². The number of aliphatic hydroxyl groups is 1. The van der Waals surface area contributed by atoms with Gasteiger partial charge in [0.15, 0.2) is 0 Å². The molecule has 27 heavy (non-hydrogen) atoms. The van der Waals surface area contributed by atoms with Crippen LogP contribution in [-0.4, -0.2) is 47.3 Å². The van der Waals surface area contributed by atoms with Gasteiger partial charge in [-0.3, -0.25) is 14.5 Å². The molecule has 0 unspecified atom stereocenters. The maximum absolute atomic E-state index is 12.9. The number of hydrogen-bond acceptors (Lipinski definition) is 5. The number of imide groups is 1. The first-order valence-corrected chi connectivity index (χ1v) is 10.6. The zero-order valence-corrected chi connectivity index (χ0v) is 17.2. The number of thioether (sulfide) groups is 1. The molecule has 0 spiro atoms. The fraction of sp³-hybridized carbons (Fsp3) is 0.524. The van der Waals surface area contributed by atoms with Crippen molar-refractivity contribution in [2.75, 3.05) is 25.5 Å². The summed E-state index contributed by atoms with van der Waals surface area (Å²) in [4.78, 5) is 27.5. The Morgan fingerprint density at radius 2 is 1.81 bits per heavy atom. The molecule has 1 aromatic rings. The van der Waals surface area contributed by atoms with E-state index >= 15 is 0 Å². The molecule has 1 heterocycles. The number of carbonyl (C=O) groups is 2. The molecule has 1 aliphatic rings. The van der Waals surface area contributed by atoms with Crippen molar-refractivity contribution in [1.82, 2.24) is 4.90 Å². The van der Waals surface area contributed by atoms with E-state index in [2.05, 4.69) is 20.8 Å². The number of aliphatic hydroxyl groups excluding tert-OH is 1. The molecule has 0 saturated carbocycles. The topological polar surface area (TPSA) is 66.8 Å². The van der Waals surface area contributed by atoms with Gasteiger partial charge in [-0.1, -0.05) is 45.7 Å². The number of amides is 2. The third kappa shape index (κ3) is 5.59. The van der Waals surface area contributed by atoms with Crippen LogP contribution in [0.2, 0.25) is 0 Å². The molecule has 0 aliphatic carbocycles. The number of hydrogen-bond donors (Lipinski definition) is 1. The lowest BCUT2D eigenvalue weighted by Gasteiger charge is -2.14. The van der Waals surface area contributed by atoms with Gasteiger partial charge in [0.2, 0.25) is 0 Å². The highest BCUT2D eigenvalue weighted by Gasteiger charge is 2.38. The summed E-state index contributed by atoms with van der Waals surface area (Å²) in [7, 11) is 0. The predicted molar refractivity (Wildman–Crippen MR) is 109 cm³/mol. The van der Waals surface area contributed by atoms with Crippen LogP contribution in [-0.2, 0) is 9.59 Å². The van der Waals surface area contributed by atoms with Crippen LogP contribution in [0.15, 0.2) is 29.2 Å². The Morgan fingerprint density at radius 1 is 1.11 bits per heavy atom. The number of nitrogens with zero attached hydrogens (tertiary/aromatic N) is 1. The van der Waals surface area contributed by atoms with Crippen LogP contribution in [0, 0.1) is 5.92 Å². The molecule has 0 bridgehead atoms. The second-order valence-electron chi connectivity index (χ2n) is 6.97. The average molecular weight is 392 g/mol. The minimum atomic E-state index is -0.246. The summed E-state index contributed by atoms with van der Waals surface area (Å²) in [5, 5.41) is 9.15. The molecule has 1 aromatic carbocycles. The molecular weight excluding hydrogens is 362 g/mol. The first-order valence-electron chi connectivity index (χ1n) is 9.56. The zero-order chi connectivity index (χ0) is 19.8. The molecule has 148 valence electrons. The molecule has 1 aliphatic heterocycles. The summed E-state index contributed by atoms with van der Waals surface area (Å²) in [5.41, 5.74) is 1.15. The van der Waals surface area contributed by atoms with Gasteiger partial charge in [-0.05, 0) is 30.0 Å². The fourth-order valence-corrected chi connectivity index (χ4v) is 3.67. The van der Waals surface area contributed by atoms with E-state index in [1.54, 1.807) is 0 Å². The summed E-state index contributed by atoms with van der Waals surface area (Å²) in [6.07, 6.45) is 2.81. The van der Waals surface area contributed by atoms with Crippen LogP contribution >= 0.6 is 11.8 Å². The lowest BCUT2D eigenvalue weighted by molar-refractivity contribution is -0.136. The van der Waals surface area contributed by atoms with Gasteiger partial charge < -0.3 is 9.84 Å². The Labute approximate surface area is 165 Å². The smallest absolute Gasteiger partial charge is 0.267 e. The van der Waals surface area contributed by atoms with Crippen molar-refractivity contribution >= 4 is 29.1 Å². The third-order valence-electron chi connectivity index (χ3n) is 4.17. The van der Waals surface area contributed by atoms with Crippen LogP contribution in [0.3, 0.4) is 0 Å². The van der Waals surface area contributed by atoms with Crippen LogP contribution in [0.5, 0.6) is 5.75 Å². The van der Waals surface area contributed by atoms with E-state index in [0.29, 0.717) is 40.9 Å². The molecule has 0 atom stereocenters. The second-order valence-corrected chi connectivity index (χ2v) is 8.08. The van der Waals surface area contributed by atoms with Gasteiger partial charge in [-0.2, -0.15) is 0 Å². The molecule has 0 radical (unpaired) electrons. The van der Waals surface area contributed by atoms with E-state index in [1.807, 2.05) is 24.3 Å². The fourth-order valence-electron chi connectivity index (χ4n) is 2.79. The minimum absolute atomic E-state index is 0.0409. The van der Waals surface area contributed by atoms with Gasteiger partial charge in [0.05, 0.1) is 23.7 Å². The minimum Gasteiger partial charge on any atom is -0.493 e. The van der Waals surface area contributed by atoms with Crippen molar-refractivity contribution in [3.8, 4) is 5.75 Å². The Kier molecular flexibility index (Phi) is 8.38. The largest absolute Gasteiger partial charge is 0.493 e. The first kappa shape index (κ1) is 21.5. The summed E-state index contributed by atoms with van der Waals surface area (Å²) in [6, 6.07) is 7.31. The van der Waals surface area contributed by atoms with Crippen LogP contribution in [0.25, 0.3) is 5.57 Å². The van der Waals surface area contributed by atoms with Crippen molar-refractivity contribution in [2.24, 2.45) is 5.92 Å². The van der Waals surface area contributed by atoms with Crippen molar-refractivity contribution in [3.05, 3.63) is 34.7 Å². The van der Waals surface area contributed by atoms with Crippen molar-refractivity contribution in [3.63, 3.8) is 0 Å². The lowest BCUT2D eigenvalue weighted by Crippen LogP contribution is -2.32. The number of carbonyl (C=O) groups excluding carboxylic acids is 2. The number of ether oxygens (including phenoxy) is 1. The highest BCUT2D eigenvalue weighted by Crippen LogP contribution is 2.36. The highest BCUT2D eigenvalue weighted by molar-refractivity contribution is 8.04. The van der Waals surface area contributed by atoms with Gasteiger partial charge in [-0.15, -0.1) is 11.8 Å². The molecule has 6 heteroatoms. The summed E-state index contributed by atoms with van der Waals surface area (Å²) in [6.45, 7) is 7.28. The zero-order valence-electron chi connectivity index (χ0n) is 16.4. The van der Waals surface area contributed by atoms with E-state index in [-0.39, 0.29) is 18.4 Å². The molecule has 2 rings (SSSR count). The number of rotatable bonds is 11. The van der Waals surface area contributed by atoms with Crippen molar-refractivity contribution < 1.29 is 19.4 Å². The van der Waals surface area contributed by atoms with E-state index in [9.17, 15) is 9.59 Å². The monoisotopic (exact) mass is 391 g/mol. The molecule has 2 amide bonds. The molecule has 5 nitrogen and oxygen atoms in total. The van der Waals surface area contributed by atoms with E-state index in [4.69, 9.17) is 9.84 Å². The Balaban J connectivity index is 2.24. The summed E-state index contributed by atoms with van der Waals surface area (Å²) >= 11 is 1.25. The molecule has 0 saturated heterocycles. The summed E-state index contributed by atoms with van der Waals surface area (Å²) < 4.78 is 5.69. The standard InChI is InChI=1S/C21H29NO4S/c1-4-5-6-11-22-20(24)18(19(21(22)25)27-13-12-23)16-7-9-17(10-8-16)26-14-15(2)3/h7-10,15,23H,4-6,11-14H2,1-3H3. The predicted octanol–water partition coefficient (Wildman–Crippen LogP) is 3.72. The third-order valence-corrected chi connectivity index (χ3v) is 5.23. The van der Waals surface area contributed by atoms with Gasteiger partial charge in [-0.25, -0.2) is 0 Å². The van der Waals surface area contributed by atoms with Crippen LogP contribution in [0.4, 0.5) is 0 Å². The van der Waals surface area contributed by atoms with Gasteiger partial charge in [0, 0.05) is 12.3 Å². The quantitative estimate of drug-likeness (QED) is 0.460.